The Labute approximate surface area is 101 Å². The van der Waals surface area contributed by atoms with Crippen molar-refractivity contribution in [3.05, 3.63) is 0 Å². The minimum atomic E-state index is -0.806. The van der Waals surface area contributed by atoms with Crippen LogP contribution in [0.25, 0.3) is 0 Å². The van der Waals surface area contributed by atoms with Crippen molar-refractivity contribution in [1.82, 2.24) is 4.90 Å². The highest BCUT2D eigenvalue weighted by Gasteiger charge is 2.41. The molecule has 1 saturated carbocycles. The molecular formula is C12H20N2O3. The van der Waals surface area contributed by atoms with Gasteiger partial charge in [-0.15, -0.1) is 0 Å². The van der Waals surface area contributed by atoms with Gasteiger partial charge in [-0.1, -0.05) is 12.8 Å². The molecule has 0 spiro atoms. The van der Waals surface area contributed by atoms with E-state index in [1.165, 1.54) is 0 Å². The van der Waals surface area contributed by atoms with E-state index in [1.807, 2.05) is 0 Å². The van der Waals surface area contributed by atoms with E-state index in [0.29, 0.717) is 19.5 Å². The zero-order chi connectivity index (χ0) is 12.5. The van der Waals surface area contributed by atoms with Crippen molar-refractivity contribution in [3.63, 3.8) is 0 Å². The monoisotopic (exact) mass is 240 g/mol. The number of amides is 1. The molecule has 2 rings (SSSR count). The summed E-state index contributed by atoms with van der Waals surface area (Å²) >= 11 is 0. The van der Waals surface area contributed by atoms with Crippen molar-refractivity contribution in [3.8, 4) is 0 Å². The summed E-state index contributed by atoms with van der Waals surface area (Å²) in [5, 5.41) is 9.00. The molecule has 0 unspecified atom stereocenters. The first kappa shape index (κ1) is 12.4. The summed E-state index contributed by atoms with van der Waals surface area (Å²) in [6.45, 7) is 0.981. The van der Waals surface area contributed by atoms with Crippen molar-refractivity contribution in [2.24, 2.45) is 11.7 Å². The molecule has 1 amide bonds. The number of carbonyl (C=O) groups excluding carboxylic acids is 1. The van der Waals surface area contributed by atoms with Crippen LogP contribution in [0.2, 0.25) is 0 Å². The Balaban J connectivity index is 2.01. The lowest BCUT2D eigenvalue weighted by molar-refractivity contribution is -0.147. The molecule has 5 nitrogen and oxygen atoms in total. The molecule has 17 heavy (non-hydrogen) atoms. The topological polar surface area (TPSA) is 83.6 Å². The number of aliphatic carboxylic acids is 1. The summed E-state index contributed by atoms with van der Waals surface area (Å²) in [4.78, 5) is 24.9. The van der Waals surface area contributed by atoms with Crippen molar-refractivity contribution < 1.29 is 14.7 Å². The van der Waals surface area contributed by atoms with Crippen LogP contribution in [0.4, 0.5) is 0 Å². The fourth-order valence-corrected chi connectivity index (χ4v) is 2.90. The Hall–Kier alpha value is -1.10. The molecule has 2 aliphatic rings. The van der Waals surface area contributed by atoms with Gasteiger partial charge in [-0.3, -0.25) is 9.59 Å². The highest BCUT2D eigenvalue weighted by Crippen LogP contribution is 2.30. The Morgan fingerprint density at radius 3 is 2.47 bits per heavy atom. The van der Waals surface area contributed by atoms with Crippen LogP contribution in [-0.2, 0) is 9.59 Å². The molecule has 0 bridgehead atoms. The third kappa shape index (κ3) is 2.44. The molecule has 0 radical (unpaired) electrons. The molecule has 1 aliphatic heterocycles. The van der Waals surface area contributed by atoms with Crippen LogP contribution in [-0.4, -0.2) is 40.5 Å². The minimum Gasteiger partial charge on any atom is -0.481 e. The SMILES string of the molecule is NC1(C(=O)N2CCC[C@@H](C(=O)O)C2)CCCC1. The quantitative estimate of drug-likeness (QED) is 0.739. The molecule has 0 aromatic rings. The van der Waals surface area contributed by atoms with Crippen molar-refractivity contribution in [2.75, 3.05) is 13.1 Å². The molecule has 1 atom stereocenters. The Morgan fingerprint density at radius 2 is 1.88 bits per heavy atom. The van der Waals surface area contributed by atoms with Gasteiger partial charge in [0.15, 0.2) is 0 Å². The summed E-state index contributed by atoms with van der Waals surface area (Å²) in [6.07, 6.45) is 4.90. The first-order valence-corrected chi connectivity index (χ1v) is 6.34. The van der Waals surface area contributed by atoms with Crippen molar-refractivity contribution in [2.45, 2.75) is 44.1 Å². The number of nitrogens with two attached hydrogens (primary N) is 1. The van der Waals surface area contributed by atoms with Crippen molar-refractivity contribution in [1.29, 1.82) is 0 Å². The average Bonchev–Trinajstić information content (AvgIpc) is 2.76. The smallest absolute Gasteiger partial charge is 0.308 e. The Morgan fingerprint density at radius 1 is 1.24 bits per heavy atom. The van der Waals surface area contributed by atoms with Gasteiger partial charge >= 0.3 is 5.97 Å². The third-order valence-electron chi connectivity index (χ3n) is 3.98. The van der Waals surface area contributed by atoms with Crippen LogP contribution in [0.3, 0.4) is 0 Å². The predicted octanol–water partition coefficient (Wildman–Crippen LogP) is 0.581. The van der Waals surface area contributed by atoms with Crippen LogP contribution in [0.1, 0.15) is 38.5 Å². The maximum Gasteiger partial charge on any atom is 0.308 e. The first-order chi connectivity index (χ1) is 8.03. The van der Waals surface area contributed by atoms with Gasteiger partial charge in [0.05, 0.1) is 11.5 Å². The molecule has 2 fully saturated rings. The van der Waals surface area contributed by atoms with Gasteiger partial charge in [-0.2, -0.15) is 0 Å². The van der Waals surface area contributed by atoms with Crippen molar-refractivity contribution >= 4 is 11.9 Å². The summed E-state index contributed by atoms with van der Waals surface area (Å²) in [5.41, 5.74) is 5.39. The van der Waals surface area contributed by atoms with Crippen LogP contribution in [0.15, 0.2) is 0 Å². The minimum absolute atomic E-state index is 0.0408. The lowest BCUT2D eigenvalue weighted by Gasteiger charge is -2.36. The van der Waals surface area contributed by atoms with E-state index < -0.39 is 17.4 Å². The van der Waals surface area contributed by atoms with Crippen LogP contribution in [0, 0.1) is 5.92 Å². The second kappa shape index (κ2) is 4.64. The van der Waals surface area contributed by atoms with Gasteiger partial charge in [0, 0.05) is 13.1 Å². The summed E-state index contributed by atoms with van der Waals surface area (Å²) in [7, 11) is 0. The maximum absolute atomic E-state index is 12.3. The maximum atomic E-state index is 12.3. The molecular weight excluding hydrogens is 220 g/mol. The molecule has 1 heterocycles. The molecule has 1 saturated heterocycles. The van der Waals surface area contributed by atoms with Gasteiger partial charge in [-0.05, 0) is 25.7 Å². The molecule has 1 aliphatic carbocycles. The fourth-order valence-electron chi connectivity index (χ4n) is 2.90. The Kier molecular flexibility index (Phi) is 3.38. The number of piperidine rings is 1. The highest BCUT2D eigenvalue weighted by molar-refractivity contribution is 5.87. The number of carbonyl (C=O) groups is 2. The van der Waals surface area contributed by atoms with Gasteiger partial charge in [0.1, 0.15) is 0 Å². The molecule has 96 valence electrons. The highest BCUT2D eigenvalue weighted by atomic mass is 16.4. The normalized spacial score (nSPS) is 28.1. The summed E-state index contributed by atoms with van der Waals surface area (Å²) < 4.78 is 0. The van der Waals surface area contributed by atoms with E-state index in [4.69, 9.17) is 10.8 Å². The standard InChI is InChI=1S/C12H20N2O3/c13-12(5-1-2-6-12)11(17)14-7-3-4-9(8-14)10(15)16/h9H,1-8,13H2,(H,15,16)/t9-/m1/s1. The molecule has 0 aromatic heterocycles. The summed E-state index contributed by atoms with van der Waals surface area (Å²) in [5.74, 6) is -1.27. The van der Waals surface area contributed by atoms with Gasteiger partial charge in [0.2, 0.25) is 5.91 Å². The van der Waals surface area contributed by atoms with Crippen LogP contribution in [0.5, 0.6) is 0 Å². The van der Waals surface area contributed by atoms with E-state index in [9.17, 15) is 9.59 Å². The number of nitrogens with zero attached hydrogens (tertiary/aromatic N) is 1. The van der Waals surface area contributed by atoms with Gasteiger partial charge in [-0.25, -0.2) is 0 Å². The van der Waals surface area contributed by atoms with E-state index in [2.05, 4.69) is 0 Å². The van der Waals surface area contributed by atoms with E-state index in [-0.39, 0.29) is 5.91 Å². The average molecular weight is 240 g/mol. The lowest BCUT2D eigenvalue weighted by atomic mass is 9.93. The number of carboxylic acid groups (broad SMARTS) is 1. The van der Waals surface area contributed by atoms with Crippen LogP contribution >= 0.6 is 0 Å². The van der Waals surface area contributed by atoms with Gasteiger partial charge in [0.25, 0.3) is 0 Å². The number of hydrogen-bond donors (Lipinski definition) is 2. The largest absolute Gasteiger partial charge is 0.481 e. The van der Waals surface area contributed by atoms with Gasteiger partial charge < -0.3 is 15.7 Å². The molecule has 5 heteroatoms. The second-order valence-electron chi connectivity index (χ2n) is 5.29. The number of rotatable bonds is 2. The lowest BCUT2D eigenvalue weighted by Crippen LogP contribution is -2.56. The second-order valence-corrected chi connectivity index (χ2v) is 5.29. The van der Waals surface area contributed by atoms with Crippen LogP contribution < -0.4 is 5.73 Å². The zero-order valence-corrected chi connectivity index (χ0v) is 10.0. The first-order valence-electron chi connectivity index (χ1n) is 6.34. The summed E-state index contributed by atoms with van der Waals surface area (Å²) in [6, 6.07) is 0. The number of likely N-dealkylation sites (tertiary alicyclic amines) is 1. The van der Waals surface area contributed by atoms with E-state index >= 15 is 0 Å². The third-order valence-corrected chi connectivity index (χ3v) is 3.98. The van der Waals surface area contributed by atoms with E-state index in [0.717, 1.165) is 32.1 Å². The Bertz CT molecular complexity index is 324. The molecule has 0 aromatic carbocycles. The zero-order valence-electron chi connectivity index (χ0n) is 10.0. The number of carboxylic acids is 1. The predicted molar refractivity (Wildman–Crippen MR) is 62.3 cm³/mol. The molecule has 3 N–H and O–H groups in total. The van der Waals surface area contributed by atoms with E-state index in [1.54, 1.807) is 4.90 Å². The number of hydrogen-bond acceptors (Lipinski definition) is 3. The fraction of sp³-hybridized carbons (Fsp3) is 0.833.